The zero-order chi connectivity index (χ0) is 16.3. The van der Waals surface area contributed by atoms with E-state index in [0.29, 0.717) is 10.6 Å². The summed E-state index contributed by atoms with van der Waals surface area (Å²) in [6.45, 7) is 3.41. The average molecular weight is 320 g/mol. The van der Waals surface area contributed by atoms with E-state index in [4.69, 9.17) is 11.6 Å². The molecule has 3 N–H and O–H groups in total. The first-order valence-electron chi connectivity index (χ1n) is 6.79. The Morgan fingerprint density at radius 1 is 1.32 bits per heavy atom. The van der Waals surface area contributed by atoms with Crippen molar-refractivity contribution in [3.8, 4) is 16.9 Å². The SMILES string of the molecule is CNC(=O)C(C)(C)Nc1ncc(-c2ccccc2Cl)cc1O. The first kappa shape index (κ1) is 16.1. The van der Waals surface area contributed by atoms with Crippen LogP contribution in [0.4, 0.5) is 5.82 Å². The Morgan fingerprint density at radius 3 is 2.59 bits per heavy atom. The summed E-state index contributed by atoms with van der Waals surface area (Å²) in [7, 11) is 1.56. The Morgan fingerprint density at radius 2 is 2.00 bits per heavy atom. The first-order chi connectivity index (χ1) is 10.3. The molecule has 0 spiro atoms. The second kappa shape index (κ2) is 6.23. The van der Waals surface area contributed by atoms with Gasteiger partial charge < -0.3 is 15.7 Å². The van der Waals surface area contributed by atoms with Crippen LogP contribution in [0.2, 0.25) is 5.02 Å². The molecule has 0 atom stereocenters. The minimum atomic E-state index is -0.898. The van der Waals surface area contributed by atoms with E-state index in [9.17, 15) is 9.90 Å². The minimum Gasteiger partial charge on any atom is -0.504 e. The van der Waals surface area contributed by atoms with Crippen molar-refractivity contribution in [3.63, 3.8) is 0 Å². The molecule has 0 fully saturated rings. The molecule has 0 saturated heterocycles. The Bertz CT molecular complexity index is 702. The van der Waals surface area contributed by atoms with E-state index in [0.717, 1.165) is 5.56 Å². The number of carbonyl (C=O) groups excluding carboxylic acids is 1. The van der Waals surface area contributed by atoms with Gasteiger partial charge in [0.25, 0.3) is 0 Å². The highest BCUT2D eigenvalue weighted by atomic mass is 35.5. The molecule has 22 heavy (non-hydrogen) atoms. The summed E-state index contributed by atoms with van der Waals surface area (Å²) in [5, 5.41) is 16.2. The van der Waals surface area contributed by atoms with Gasteiger partial charge in [-0.2, -0.15) is 0 Å². The number of amides is 1. The smallest absolute Gasteiger partial charge is 0.244 e. The zero-order valence-electron chi connectivity index (χ0n) is 12.6. The number of likely N-dealkylation sites (N-methyl/N-ethyl adjacent to an activating group) is 1. The molecular weight excluding hydrogens is 302 g/mol. The Balaban J connectivity index is 2.32. The molecule has 1 aromatic carbocycles. The number of nitrogens with zero attached hydrogens (tertiary/aromatic N) is 1. The van der Waals surface area contributed by atoms with E-state index >= 15 is 0 Å². The summed E-state index contributed by atoms with van der Waals surface area (Å²) in [6, 6.07) is 8.88. The van der Waals surface area contributed by atoms with Crippen LogP contribution in [-0.2, 0) is 4.79 Å². The van der Waals surface area contributed by atoms with E-state index in [1.54, 1.807) is 39.2 Å². The number of hydrogen-bond donors (Lipinski definition) is 3. The van der Waals surface area contributed by atoms with E-state index < -0.39 is 5.54 Å². The van der Waals surface area contributed by atoms with Crippen LogP contribution in [0.3, 0.4) is 0 Å². The maximum Gasteiger partial charge on any atom is 0.244 e. The van der Waals surface area contributed by atoms with Crippen molar-refractivity contribution in [3.05, 3.63) is 41.6 Å². The van der Waals surface area contributed by atoms with Gasteiger partial charge in [-0.15, -0.1) is 0 Å². The van der Waals surface area contributed by atoms with Crippen LogP contribution in [0, 0.1) is 0 Å². The minimum absolute atomic E-state index is 0.0469. The predicted molar refractivity (Wildman–Crippen MR) is 88.1 cm³/mol. The normalized spacial score (nSPS) is 11.1. The summed E-state index contributed by atoms with van der Waals surface area (Å²) in [4.78, 5) is 16.0. The fraction of sp³-hybridized carbons (Fsp3) is 0.250. The van der Waals surface area contributed by atoms with E-state index in [1.807, 2.05) is 18.2 Å². The number of aromatic nitrogens is 1. The van der Waals surface area contributed by atoms with Gasteiger partial charge >= 0.3 is 0 Å². The molecule has 0 aliphatic carbocycles. The van der Waals surface area contributed by atoms with Crippen LogP contribution in [0.15, 0.2) is 36.5 Å². The molecule has 0 radical (unpaired) electrons. The number of benzene rings is 1. The molecule has 6 heteroatoms. The van der Waals surface area contributed by atoms with Crippen molar-refractivity contribution in [2.45, 2.75) is 19.4 Å². The third-order valence-corrected chi connectivity index (χ3v) is 3.61. The molecule has 0 bridgehead atoms. The van der Waals surface area contributed by atoms with Gasteiger partial charge in [0.05, 0.1) is 0 Å². The van der Waals surface area contributed by atoms with E-state index in [2.05, 4.69) is 15.6 Å². The molecule has 1 aromatic heterocycles. The highest BCUT2D eigenvalue weighted by molar-refractivity contribution is 6.33. The van der Waals surface area contributed by atoms with E-state index in [-0.39, 0.29) is 17.5 Å². The maximum absolute atomic E-state index is 11.8. The Labute approximate surface area is 134 Å². The average Bonchev–Trinajstić information content (AvgIpc) is 2.49. The summed E-state index contributed by atoms with van der Waals surface area (Å²) in [5.41, 5.74) is 0.584. The quantitative estimate of drug-likeness (QED) is 0.809. The fourth-order valence-corrected chi connectivity index (χ4v) is 2.30. The van der Waals surface area contributed by atoms with Crippen LogP contribution in [0.25, 0.3) is 11.1 Å². The lowest BCUT2D eigenvalue weighted by Crippen LogP contribution is -2.46. The number of hydrogen-bond acceptors (Lipinski definition) is 4. The van der Waals surface area contributed by atoms with Gasteiger partial charge in [0, 0.05) is 29.4 Å². The van der Waals surface area contributed by atoms with Crippen LogP contribution in [0.1, 0.15) is 13.8 Å². The summed E-state index contributed by atoms with van der Waals surface area (Å²) in [5.74, 6) is -0.0114. The van der Waals surface area contributed by atoms with Crippen LogP contribution < -0.4 is 10.6 Å². The molecule has 0 saturated carbocycles. The van der Waals surface area contributed by atoms with Crippen molar-refractivity contribution >= 4 is 23.3 Å². The summed E-state index contributed by atoms with van der Waals surface area (Å²) in [6.07, 6.45) is 1.60. The number of nitrogens with one attached hydrogen (secondary N) is 2. The van der Waals surface area contributed by atoms with Crippen molar-refractivity contribution in [1.29, 1.82) is 0 Å². The Kier molecular flexibility index (Phi) is 4.56. The Hall–Kier alpha value is -2.27. The second-order valence-electron chi connectivity index (χ2n) is 5.40. The number of aromatic hydroxyl groups is 1. The standard InChI is InChI=1S/C16H18ClN3O2/c1-16(2,15(22)18-3)20-14-13(21)8-10(9-19-14)11-6-4-5-7-12(11)17/h4-9,21H,1-3H3,(H,18,22)(H,19,20). The van der Waals surface area contributed by atoms with Gasteiger partial charge in [0.15, 0.2) is 11.6 Å². The number of halogens is 1. The molecule has 2 aromatic rings. The van der Waals surface area contributed by atoms with Crippen molar-refractivity contribution in [1.82, 2.24) is 10.3 Å². The number of carbonyl (C=O) groups is 1. The van der Waals surface area contributed by atoms with Crippen molar-refractivity contribution in [2.24, 2.45) is 0 Å². The lowest BCUT2D eigenvalue weighted by Gasteiger charge is -2.25. The van der Waals surface area contributed by atoms with Gasteiger partial charge in [-0.1, -0.05) is 29.8 Å². The topological polar surface area (TPSA) is 74.2 Å². The maximum atomic E-state index is 11.8. The molecule has 5 nitrogen and oxygen atoms in total. The predicted octanol–water partition coefficient (Wildman–Crippen LogP) is 3.04. The molecule has 116 valence electrons. The number of anilines is 1. The molecule has 2 rings (SSSR count). The lowest BCUT2D eigenvalue weighted by molar-refractivity contribution is -0.124. The third-order valence-electron chi connectivity index (χ3n) is 3.28. The highest BCUT2D eigenvalue weighted by Crippen LogP contribution is 2.32. The van der Waals surface area contributed by atoms with Gasteiger partial charge in [-0.25, -0.2) is 4.98 Å². The molecule has 0 aliphatic heterocycles. The zero-order valence-corrected chi connectivity index (χ0v) is 13.4. The van der Waals surface area contributed by atoms with Gasteiger partial charge in [-0.05, 0) is 26.0 Å². The molecule has 1 amide bonds. The largest absolute Gasteiger partial charge is 0.504 e. The van der Waals surface area contributed by atoms with Crippen LogP contribution >= 0.6 is 11.6 Å². The molecule has 1 heterocycles. The van der Waals surface area contributed by atoms with Gasteiger partial charge in [0.2, 0.25) is 5.91 Å². The van der Waals surface area contributed by atoms with Crippen molar-refractivity contribution < 1.29 is 9.90 Å². The summed E-state index contributed by atoms with van der Waals surface area (Å²) >= 11 is 6.14. The van der Waals surface area contributed by atoms with Gasteiger partial charge in [-0.3, -0.25) is 4.79 Å². The first-order valence-corrected chi connectivity index (χ1v) is 7.17. The second-order valence-corrected chi connectivity index (χ2v) is 5.81. The van der Waals surface area contributed by atoms with Crippen LogP contribution in [0.5, 0.6) is 5.75 Å². The van der Waals surface area contributed by atoms with Crippen LogP contribution in [-0.4, -0.2) is 28.6 Å². The van der Waals surface area contributed by atoms with E-state index in [1.165, 1.54) is 0 Å². The highest BCUT2D eigenvalue weighted by Gasteiger charge is 2.27. The summed E-state index contributed by atoms with van der Waals surface area (Å²) < 4.78 is 0. The lowest BCUT2D eigenvalue weighted by atomic mass is 10.0. The fourth-order valence-electron chi connectivity index (χ4n) is 2.06. The molecule has 0 unspecified atom stereocenters. The van der Waals surface area contributed by atoms with Gasteiger partial charge in [0.1, 0.15) is 5.54 Å². The third kappa shape index (κ3) is 3.31. The molecule has 0 aliphatic rings. The molecular formula is C16H18ClN3O2. The monoisotopic (exact) mass is 319 g/mol. The van der Waals surface area contributed by atoms with Crippen molar-refractivity contribution in [2.75, 3.05) is 12.4 Å². The number of rotatable bonds is 4. The number of pyridine rings is 1.